The predicted octanol–water partition coefficient (Wildman–Crippen LogP) is 3.04. The highest BCUT2D eigenvalue weighted by atomic mass is 16.2. The van der Waals surface area contributed by atoms with Gasteiger partial charge in [0.1, 0.15) is 0 Å². The van der Waals surface area contributed by atoms with Crippen molar-refractivity contribution in [2.75, 3.05) is 44.4 Å². The minimum absolute atomic E-state index is 0.0134. The van der Waals surface area contributed by atoms with Gasteiger partial charge in [0, 0.05) is 31.5 Å². The maximum atomic E-state index is 12.4. The quantitative estimate of drug-likeness (QED) is 0.747. The molecule has 30 heavy (non-hydrogen) atoms. The van der Waals surface area contributed by atoms with Crippen LogP contribution in [0.5, 0.6) is 0 Å². The molecule has 0 aromatic heterocycles. The normalized spacial score (nSPS) is 14.3. The number of fused-ring (bicyclic) bond motifs is 1. The van der Waals surface area contributed by atoms with E-state index in [1.807, 2.05) is 46.1 Å². The Kier molecular flexibility index (Phi) is 6.77. The molecule has 0 bridgehead atoms. The Labute approximate surface area is 179 Å². The summed E-state index contributed by atoms with van der Waals surface area (Å²) in [5.41, 5.74) is 6.47. The Balaban J connectivity index is 1.65. The number of likely N-dealkylation sites (N-methyl/N-ethyl adjacent to an activating group) is 1. The van der Waals surface area contributed by atoms with E-state index in [4.69, 9.17) is 0 Å². The highest BCUT2D eigenvalue weighted by Crippen LogP contribution is 2.29. The van der Waals surface area contributed by atoms with E-state index >= 15 is 0 Å². The van der Waals surface area contributed by atoms with Crippen molar-refractivity contribution in [2.45, 2.75) is 32.7 Å². The fourth-order valence-corrected chi connectivity index (χ4v) is 4.12. The average molecular weight is 409 g/mol. The molecular weight excluding hydrogens is 376 g/mol. The topological polar surface area (TPSA) is 64.7 Å². The third-order valence-corrected chi connectivity index (χ3v) is 5.60. The maximum Gasteiger partial charge on any atom is 0.313 e. The van der Waals surface area contributed by atoms with Gasteiger partial charge in [-0.1, -0.05) is 18.2 Å². The lowest BCUT2D eigenvalue weighted by molar-refractivity contribution is -0.136. The van der Waals surface area contributed by atoms with Crippen LogP contribution in [-0.4, -0.2) is 50.9 Å². The molecular formula is C24H32N4O2. The fourth-order valence-electron chi connectivity index (χ4n) is 4.12. The summed E-state index contributed by atoms with van der Waals surface area (Å²) in [5.74, 6) is -1.27. The molecule has 6 heteroatoms. The first-order valence-corrected chi connectivity index (χ1v) is 10.4. The number of aryl methyl sites for hydroxylation is 3. The smallest absolute Gasteiger partial charge is 0.313 e. The summed E-state index contributed by atoms with van der Waals surface area (Å²) in [6, 6.07) is 12.2. The lowest BCUT2D eigenvalue weighted by Gasteiger charge is -2.30. The molecule has 2 aromatic rings. The van der Waals surface area contributed by atoms with E-state index in [1.165, 1.54) is 11.3 Å². The molecule has 0 unspecified atom stereocenters. The molecule has 0 saturated heterocycles. The SMILES string of the molecule is Cc1cc(C)cc(NC(=O)C(=O)NC[C@@H](c2ccc3c(c2)CCCN3C)N(C)C)c1. The standard InChI is InChI=1S/C24H32N4O2/c1-16-11-17(2)13-20(12-16)26-24(30)23(29)25-15-22(27(3)4)19-8-9-21-18(14-19)7-6-10-28(21)5/h8-9,11-14,22H,6-7,10,15H2,1-5H3,(H,25,29)(H,26,30)/t22-/m0/s1. The van der Waals surface area contributed by atoms with E-state index < -0.39 is 11.8 Å². The lowest BCUT2D eigenvalue weighted by atomic mass is 9.96. The number of carbonyl (C=O) groups is 2. The first kappa shape index (κ1) is 21.8. The van der Waals surface area contributed by atoms with Crippen LogP contribution in [0.4, 0.5) is 11.4 Å². The Morgan fingerprint density at radius 1 is 1.07 bits per heavy atom. The van der Waals surface area contributed by atoms with Gasteiger partial charge in [-0.25, -0.2) is 0 Å². The van der Waals surface area contributed by atoms with Crippen LogP contribution in [0.25, 0.3) is 0 Å². The van der Waals surface area contributed by atoms with Crippen LogP contribution in [0.15, 0.2) is 36.4 Å². The van der Waals surface area contributed by atoms with E-state index in [-0.39, 0.29) is 6.04 Å². The Morgan fingerprint density at radius 3 is 2.43 bits per heavy atom. The van der Waals surface area contributed by atoms with Gasteiger partial charge < -0.3 is 20.4 Å². The van der Waals surface area contributed by atoms with Crippen molar-refractivity contribution in [3.05, 3.63) is 58.7 Å². The number of nitrogens with zero attached hydrogens (tertiary/aromatic N) is 2. The second-order valence-electron chi connectivity index (χ2n) is 8.43. The van der Waals surface area contributed by atoms with Crippen molar-refractivity contribution < 1.29 is 9.59 Å². The summed E-state index contributed by atoms with van der Waals surface area (Å²) in [6.07, 6.45) is 2.22. The monoisotopic (exact) mass is 408 g/mol. The molecule has 0 saturated carbocycles. The number of nitrogens with one attached hydrogen (secondary N) is 2. The van der Waals surface area contributed by atoms with Gasteiger partial charge >= 0.3 is 11.8 Å². The largest absolute Gasteiger partial charge is 0.374 e. The van der Waals surface area contributed by atoms with Gasteiger partial charge in [0.15, 0.2) is 0 Å². The maximum absolute atomic E-state index is 12.4. The van der Waals surface area contributed by atoms with E-state index in [1.54, 1.807) is 0 Å². The molecule has 0 radical (unpaired) electrons. The van der Waals surface area contributed by atoms with Crippen molar-refractivity contribution in [2.24, 2.45) is 0 Å². The number of anilines is 2. The van der Waals surface area contributed by atoms with Gasteiger partial charge in [-0.05, 0) is 81.2 Å². The molecule has 0 fully saturated rings. The van der Waals surface area contributed by atoms with E-state index in [0.717, 1.165) is 36.1 Å². The van der Waals surface area contributed by atoms with Crippen molar-refractivity contribution >= 4 is 23.2 Å². The zero-order chi connectivity index (χ0) is 21.8. The zero-order valence-corrected chi connectivity index (χ0v) is 18.6. The van der Waals surface area contributed by atoms with Crippen LogP contribution in [0.1, 0.15) is 34.7 Å². The minimum atomic E-state index is -0.649. The Bertz CT molecular complexity index is 919. The van der Waals surface area contributed by atoms with Gasteiger partial charge in [-0.2, -0.15) is 0 Å². The van der Waals surface area contributed by atoms with Crippen molar-refractivity contribution in [3.63, 3.8) is 0 Å². The fraction of sp³-hybridized carbons (Fsp3) is 0.417. The van der Waals surface area contributed by atoms with Gasteiger partial charge in [-0.15, -0.1) is 0 Å². The van der Waals surface area contributed by atoms with Crippen LogP contribution in [-0.2, 0) is 16.0 Å². The van der Waals surface area contributed by atoms with Crippen molar-refractivity contribution in [1.82, 2.24) is 10.2 Å². The summed E-state index contributed by atoms with van der Waals surface area (Å²) < 4.78 is 0. The first-order valence-electron chi connectivity index (χ1n) is 10.4. The second kappa shape index (κ2) is 9.30. The average Bonchev–Trinajstić information content (AvgIpc) is 2.67. The predicted molar refractivity (Wildman–Crippen MR) is 122 cm³/mol. The van der Waals surface area contributed by atoms with Gasteiger partial charge in [0.2, 0.25) is 0 Å². The van der Waals surface area contributed by atoms with Crippen LogP contribution in [0.3, 0.4) is 0 Å². The third-order valence-electron chi connectivity index (χ3n) is 5.60. The number of rotatable bonds is 5. The number of benzene rings is 2. The molecule has 3 rings (SSSR count). The van der Waals surface area contributed by atoms with Crippen LogP contribution < -0.4 is 15.5 Å². The minimum Gasteiger partial charge on any atom is -0.374 e. The first-order chi connectivity index (χ1) is 14.2. The van der Waals surface area contributed by atoms with Crippen molar-refractivity contribution in [1.29, 1.82) is 0 Å². The lowest BCUT2D eigenvalue weighted by Crippen LogP contribution is -2.40. The molecule has 2 N–H and O–H groups in total. The molecule has 2 aromatic carbocycles. The van der Waals surface area contributed by atoms with Gasteiger partial charge in [-0.3, -0.25) is 9.59 Å². The summed E-state index contributed by atoms with van der Waals surface area (Å²) in [4.78, 5) is 29.1. The number of hydrogen-bond acceptors (Lipinski definition) is 4. The molecule has 2 amide bonds. The molecule has 1 heterocycles. The number of carbonyl (C=O) groups excluding carboxylic acids is 2. The zero-order valence-electron chi connectivity index (χ0n) is 18.6. The Hall–Kier alpha value is -2.86. The van der Waals surface area contributed by atoms with E-state index in [2.05, 4.69) is 45.7 Å². The summed E-state index contributed by atoms with van der Waals surface area (Å²) in [5, 5.41) is 5.49. The summed E-state index contributed by atoms with van der Waals surface area (Å²) >= 11 is 0. The molecule has 1 aliphatic heterocycles. The molecule has 0 aliphatic carbocycles. The molecule has 1 aliphatic rings. The van der Waals surface area contributed by atoms with Crippen LogP contribution in [0.2, 0.25) is 0 Å². The highest BCUT2D eigenvalue weighted by Gasteiger charge is 2.21. The Morgan fingerprint density at radius 2 is 1.77 bits per heavy atom. The van der Waals surface area contributed by atoms with Gasteiger partial charge in [0.05, 0.1) is 6.04 Å². The van der Waals surface area contributed by atoms with E-state index in [0.29, 0.717) is 12.2 Å². The summed E-state index contributed by atoms with van der Waals surface area (Å²) in [6.45, 7) is 5.36. The van der Waals surface area contributed by atoms with Crippen molar-refractivity contribution in [3.8, 4) is 0 Å². The van der Waals surface area contributed by atoms with E-state index in [9.17, 15) is 9.59 Å². The number of hydrogen-bond donors (Lipinski definition) is 2. The molecule has 1 atom stereocenters. The third kappa shape index (κ3) is 5.19. The molecule has 160 valence electrons. The number of amides is 2. The van der Waals surface area contributed by atoms with Gasteiger partial charge in [0.25, 0.3) is 0 Å². The summed E-state index contributed by atoms with van der Waals surface area (Å²) in [7, 11) is 6.09. The second-order valence-corrected chi connectivity index (χ2v) is 8.43. The molecule has 6 nitrogen and oxygen atoms in total. The highest BCUT2D eigenvalue weighted by molar-refractivity contribution is 6.39. The van der Waals surface area contributed by atoms with Crippen LogP contribution >= 0.6 is 0 Å². The van der Waals surface area contributed by atoms with Crippen LogP contribution in [0, 0.1) is 13.8 Å². The molecule has 0 spiro atoms.